The Hall–Kier alpha value is -0.810. The third kappa shape index (κ3) is 3.26. The molecule has 0 amide bonds. The number of hydrogen-bond donors (Lipinski definition) is 1. The molecule has 2 aliphatic heterocycles. The van der Waals surface area contributed by atoms with E-state index in [-0.39, 0.29) is 11.9 Å². The molecular weight excluding hydrogens is 254 g/mol. The minimum atomic E-state index is -0.280. The van der Waals surface area contributed by atoms with Crippen LogP contribution in [-0.2, 0) is 9.47 Å². The lowest BCUT2D eigenvalue weighted by Gasteiger charge is -2.22. The summed E-state index contributed by atoms with van der Waals surface area (Å²) >= 11 is 0. The highest BCUT2D eigenvalue weighted by Gasteiger charge is 2.43. The number of nitrogens with two attached hydrogens (primary N) is 1. The van der Waals surface area contributed by atoms with Crippen molar-refractivity contribution in [3.63, 3.8) is 0 Å². The zero-order valence-electron chi connectivity index (χ0n) is 12.4. The molecule has 3 rings (SSSR count). The summed E-state index contributed by atoms with van der Waals surface area (Å²) in [6.07, 6.45) is 9.66. The van der Waals surface area contributed by atoms with Crippen LogP contribution in [0.15, 0.2) is 4.99 Å². The van der Waals surface area contributed by atoms with Crippen LogP contribution in [0.25, 0.3) is 0 Å². The number of guanidine groups is 1. The number of hydrogen-bond acceptors (Lipinski definition) is 3. The quantitative estimate of drug-likeness (QED) is 0.620. The van der Waals surface area contributed by atoms with Crippen molar-refractivity contribution in [1.82, 2.24) is 4.90 Å². The Morgan fingerprint density at radius 2 is 1.80 bits per heavy atom. The second-order valence-electron chi connectivity index (χ2n) is 6.27. The molecule has 3 fully saturated rings. The van der Waals surface area contributed by atoms with E-state index in [1.165, 1.54) is 38.5 Å². The molecule has 20 heavy (non-hydrogen) atoms. The molecule has 2 heterocycles. The van der Waals surface area contributed by atoms with Crippen molar-refractivity contribution in [2.75, 3.05) is 26.2 Å². The molecule has 3 aliphatic rings. The van der Waals surface area contributed by atoms with Crippen LogP contribution in [-0.4, -0.2) is 49.0 Å². The van der Waals surface area contributed by atoms with Gasteiger partial charge in [0.25, 0.3) is 0 Å². The molecule has 1 aliphatic carbocycles. The van der Waals surface area contributed by atoms with Crippen molar-refractivity contribution in [1.29, 1.82) is 0 Å². The summed E-state index contributed by atoms with van der Waals surface area (Å²) in [5, 5.41) is 0. The van der Waals surface area contributed by atoms with Gasteiger partial charge in [-0.15, -0.1) is 0 Å². The number of likely N-dealkylation sites (tertiary alicyclic amines) is 1. The minimum Gasteiger partial charge on any atom is -0.370 e. The summed E-state index contributed by atoms with van der Waals surface area (Å²) in [7, 11) is 0. The van der Waals surface area contributed by atoms with Crippen LogP contribution in [0.5, 0.6) is 0 Å². The standard InChI is InChI=1S/C15H27N3O2/c16-14(18-9-5-1-2-6-10-18)17-11-13-12-19-15(20-13)7-3-4-8-15/h13H,1-12H2,(H2,16,17). The van der Waals surface area contributed by atoms with E-state index in [2.05, 4.69) is 9.89 Å². The normalized spacial score (nSPS) is 30.9. The highest BCUT2D eigenvalue weighted by molar-refractivity contribution is 5.78. The van der Waals surface area contributed by atoms with Gasteiger partial charge in [-0.3, -0.25) is 4.99 Å². The summed E-state index contributed by atoms with van der Waals surface area (Å²) in [5.41, 5.74) is 6.12. The zero-order valence-corrected chi connectivity index (χ0v) is 12.4. The van der Waals surface area contributed by atoms with Crippen LogP contribution in [0.1, 0.15) is 51.4 Å². The van der Waals surface area contributed by atoms with Crippen LogP contribution in [0, 0.1) is 0 Å². The molecule has 1 saturated carbocycles. The maximum absolute atomic E-state index is 6.12. The fourth-order valence-electron chi connectivity index (χ4n) is 3.48. The minimum absolute atomic E-state index is 0.0821. The Labute approximate surface area is 121 Å². The number of ether oxygens (including phenoxy) is 2. The molecule has 0 radical (unpaired) electrons. The van der Waals surface area contributed by atoms with Crippen molar-refractivity contribution in [3.8, 4) is 0 Å². The van der Waals surface area contributed by atoms with Crippen LogP contribution in [0.2, 0.25) is 0 Å². The van der Waals surface area contributed by atoms with E-state index < -0.39 is 0 Å². The molecule has 0 bridgehead atoms. The second-order valence-corrected chi connectivity index (χ2v) is 6.27. The summed E-state index contributed by atoms with van der Waals surface area (Å²) in [5.74, 6) is 0.403. The number of aliphatic imine (C=N–C) groups is 1. The van der Waals surface area contributed by atoms with E-state index in [0.717, 1.165) is 25.9 Å². The van der Waals surface area contributed by atoms with Gasteiger partial charge in [-0.25, -0.2) is 0 Å². The van der Waals surface area contributed by atoms with Gasteiger partial charge in [0.05, 0.1) is 13.2 Å². The number of nitrogens with zero attached hydrogens (tertiary/aromatic N) is 2. The lowest BCUT2D eigenvalue weighted by molar-refractivity contribution is -0.160. The zero-order chi connectivity index (χ0) is 13.8. The summed E-state index contributed by atoms with van der Waals surface area (Å²) in [6, 6.07) is 0. The molecular formula is C15H27N3O2. The van der Waals surface area contributed by atoms with Gasteiger partial charge in [0.15, 0.2) is 11.7 Å². The Bertz CT molecular complexity index is 345. The Morgan fingerprint density at radius 3 is 2.50 bits per heavy atom. The first-order valence-electron chi connectivity index (χ1n) is 8.14. The third-order valence-corrected chi connectivity index (χ3v) is 4.67. The van der Waals surface area contributed by atoms with Crippen LogP contribution >= 0.6 is 0 Å². The summed E-state index contributed by atoms with van der Waals surface area (Å²) in [4.78, 5) is 6.76. The first kappa shape index (κ1) is 14.1. The van der Waals surface area contributed by atoms with E-state index in [4.69, 9.17) is 15.2 Å². The predicted octanol–water partition coefficient (Wildman–Crippen LogP) is 1.86. The topological polar surface area (TPSA) is 60.1 Å². The molecule has 0 aromatic rings. The van der Waals surface area contributed by atoms with Crippen molar-refractivity contribution >= 4 is 5.96 Å². The van der Waals surface area contributed by atoms with E-state index >= 15 is 0 Å². The molecule has 1 spiro atoms. The SMILES string of the molecule is NC(=NCC1COC2(CCCC2)O1)N1CCCCCC1. The lowest BCUT2D eigenvalue weighted by Crippen LogP contribution is -2.38. The fraction of sp³-hybridized carbons (Fsp3) is 0.933. The van der Waals surface area contributed by atoms with E-state index in [1.54, 1.807) is 0 Å². The third-order valence-electron chi connectivity index (χ3n) is 4.67. The molecule has 0 aromatic carbocycles. The average Bonchev–Trinajstić information content (AvgIpc) is 2.99. The monoisotopic (exact) mass is 281 g/mol. The number of rotatable bonds is 2. The Morgan fingerprint density at radius 1 is 1.10 bits per heavy atom. The smallest absolute Gasteiger partial charge is 0.191 e. The van der Waals surface area contributed by atoms with Gasteiger partial charge in [-0.05, 0) is 25.7 Å². The molecule has 2 N–H and O–H groups in total. The largest absolute Gasteiger partial charge is 0.370 e. The Kier molecular flexibility index (Phi) is 4.46. The first-order valence-corrected chi connectivity index (χ1v) is 8.14. The first-order chi connectivity index (χ1) is 9.77. The lowest BCUT2D eigenvalue weighted by atomic mass is 10.2. The van der Waals surface area contributed by atoms with E-state index in [9.17, 15) is 0 Å². The maximum atomic E-state index is 6.12. The van der Waals surface area contributed by atoms with Gasteiger partial charge in [-0.1, -0.05) is 12.8 Å². The highest BCUT2D eigenvalue weighted by atomic mass is 16.7. The molecule has 5 heteroatoms. The van der Waals surface area contributed by atoms with E-state index in [1.807, 2.05) is 0 Å². The maximum Gasteiger partial charge on any atom is 0.191 e. The van der Waals surface area contributed by atoms with Gasteiger partial charge in [0.2, 0.25) is 0 Å². The molecule has 5 nitrogen and oxygen atoms in total. The van der Waals surface area contributed by atoms with Crippen molar-refractivity contribution in [3.05, 3.63) is 0 Å². The van der Waals surface area contributed by atoms with Gasteiger partial charge >= 0.3 is 0 Å². The predicted molar refractivity (Wildman–Crippen MR) is 78.6 cm³/mol. The van der Waals surface area contributed by atoms with Gasteiger partial charge < -0.3 is 20.1 Å². The molecule has 1 atom stereocenters. The van der Waals surface area contributed by atoms with Crippen molar-refractivity contribution in [2.24, 2.45) is 10.7 Å². The van der Waals surface area contributed by atoms with Gasteiger partial charge in [-0.2, -0.15) is 0 Å². The Balaban J connectivity index is 1.49. The molecule has 1 unspecified atom stereocenters. The summed E-state index contributed by atoms with van der Waals surface area (Å²) in [6.45, 7) is 3.38. The van der Waals surface area contributed by atoms with Crippen LogP contribution in [0.4, 0.5) is 0 Å². The summed E-state index contributed by atoms with van der Waals surface area (Å²) < 4.78 is 11.9. The molecule has 0 aromatic heterocycles. The average molecular weight is 281 g/mol. The van der Waals surface area contributed by atoms with Gasteiger partial charge in [0, 0.05) is 25.9 Å². The fourth-order valence-corrected chi connectivity index (χ4v) is 3.48. The van der Waals surface area contributed by atoms with Crippen LogP contribution < -0.4 is 5.73 Å². The second kappa shape index (κ2) is 6.31. The molecule has 114 valence electrons. The van der Waals surface area contributed by atoms with Crippen molar-refractivity contribution < 1.29 is 9.47 Å². The molecule has 2 saturated heterocycles. The van der Waals surface area contributed by atoms with Gasteiger partial charge in [0.1, 0.15) is 6.10 Å². The van der Waals surface area contributed by atoms with Crippen molar-refractivity contribution in [2.45, 2.75) is 63.3 Å². The van der Waals surface area contributed by atoms with Crippen LogP contribution in [0.3, 0.4) is 0 Å². The highest BCUT2D eigenvalue weighted by Crippen LogP contribution is 2.39. The van der Waals surface area contributed by atoms with E-state index in [0.29, 0.717) is 19.1 Å².